The maximum atomic E-state index is 12.9. The van der Waals surface area contributed by atoms with E-state index in [0.29, 0.717) is 31.6 Å². The number of anilines is 1. The van der Waals surface area contributed by atoms with E-state index >= 15 is 0 Å². The number of carbonyl (C=O) groups is 1. The molecule has 27 heavy (non-hydrogen) atoms. The first kappa shape index (κ1) is 19.3. The molecule has 0 saturated carbocycles. The number of aromatic hydroxyl groups is 1. The van der Waals surface area contributed by atoms with Gasteiger partial charge in [0.2, 0.25) is 11.9 Å². The van der Waals surface area contributed by atoms with Crippen molar-refractivity contribution in [2.24, 2.45) is 0 Å². The van der Waals surface area contributed by atoms with Crippen LogP contribution in [-0.2, 0) is 19.4 Å². The van der Waals surface area contributed by atoms with Crippen LogP contribution in [0.4, 0.5) is 5.95 Å². The molecule has 1 aromatic heterocycles. The van der Waals surface area contributed by atoms with Crippen molar-refractivity contribution in [3.05, 3.63) is 24.3 Å². The van der Waals surface area contributed by atoms with Crippen molar-refractivity contribution < 1.29 is 23.1 Å². The summed E-state index contributed by atoms with van der Waals surface area (Å²) in [5, 5.41) is 18.2. The van der Waals surface area contributed by atoms with Crippen molar-refractivity contribution in [1.29, 1.82) is 0 Å². The van der Waals surface area contributed by atoms with Gasteiger partial charge in [0.25, 0.3) is 0 Å². The lowest BCUT2D eigenvalue weighted by Gasteiger charge is -2.30. The molecule has 0 spiro atoms. The van der Waals surface area contributed by atoms with Crippen LogP contribution in [0.2, 0.25) is 0 Å². The molecule has 0 aliphatic carbocycles. The number of hydrogen-bond acceptors (Lipinski definition) is 7. The van der Waals surface area contributed by atoms with E-state index in [-0.39, 0.29) is 17.5 Å². The van der Waals surface area contributed by atoms with E-state index < -0.39 is 25.7 Å². The van der Waals surface area contributed by atoms with Crippen molar-refractivity contribution in [1.82, 2.24) is 15.2 Å². The van der Waals surface area contributed by atoms with E-state index in [1.165, 1.54) is 19.9 Å². The molecule has 1 aliphatic rings. The number of amides is 1. The Morgan fingerprint density at radius 1 is 1.30 bits per heavy atom. The predicted octanol–water partition coefficient (Wildman–Crippen LogP) is 1.49. The third kappa shape index (κ3) is 3.67. The molecule has 0 unspecified atom stereocenters. The number of phenols is 1. The lowest BCUT2D eigenvalue weighted by atomic mass is 10.2. The lowest BCUT2D eigenvalue weighted by Crippen LogP contribution is -2.50. The minimum atomic E-state index is -3.73. The number of aromatic nitrogens is 3. The van der Waals surface area contributed by atoms with Gasteiger partial charge < -0.3 is 9.84 Å². The number of sulfone groups is 1. The van der Waals surface area contributed by atoms with Crippen LogP contribution in [-0.4, -0.2) is 57.8 Å². The van der Waals surface area contributed by atoms with Gasteiger partial charge in [0.15, 0.2) is 15.7 Å². The summed E-state index contributed by atoms with van der Waals surface area (Å²) in [6.45, 7) is 3.50. The second-order valence-electron chi connectivity index (χ2n) is 6.85. The fourth-order valence-corrected chi connectivity index (χ4v) is 4.85. The van der Waals surface area contributed by atoms with Crippen molar-refractivity contribution in [3.63, 3.8) is 0 Å². The van der Waals surface area contributed by atoms with E-state index in [4.69, 9.17) is 4.74 Å². The number of nitrogens with zero attached hydrogens (tertiary/aromatic N) is 2. The summed E-state index contributed by atoms with van der Waals surface area (Å²) >= 11 is 0. The summed E-state index contributed by atoms with van der Waals surface area (Å²) in [6, 6.07) is 6.50. The first-order valence-corrected chi connectivity index (χ1v) is 10.1. The van der Waals surface area contributed by atoms with Gasteiger partial charge in [-0.15, -0.1) is 0 Å². The molecular weight excluding hydrogens is 372 g/mol. The number of ether oxygens (including phenoxy) is 1. The van der Waals surface area contributed by atoms with Crippen LogP contribution in [0.1, 0.15) is 26.7 Å². The van der Waals surface area contributed by atoms with Gasteiger partial charge in [-0.25, -0.2) is 13.5 Å². The highest BCUT2D eigenvalue weighted by atomic mass is 32.2. The zero-order valence-corrected chi connectivity index (χ0v) is 15.9. The molecule has 2 heterocycles. The van der Waals surface area contributed by atoms with Crippen molar-refractivity contribution in [2.75, 3.05) is 18.5 Å². The van der Waals surface area contributed by atoms with Crippen LogP contribution in [0.5, 0.6) is 5.75 Å². The van der Waals surface area contributed by atoms with E-state index in [9.17, 15) is 18.3 Å². The Bertz CT molecular complexity index is 932. The van der Waals surface area contributed by atoms with Crippen molar-refractivity contribution in [2.45, 2.75) is 36.7 Å². The van der Waals surface area contributed by atoms with Crippen LogP contribution in [0.3, 0.4) is 0 Å². The number of para-hydroxylation sites is 1. The molecule has 1 aromatic carbocycles. The third-order valence-electron chi connectivity index (χ3n) is 4.73. The molecule has 9 nitrogen and oxygen atoms in total. The molecule has 10 heteroatoms. The highest BCUT2D eigenvalue weighted by molar-refractivity contribution is 7.94. The van der Waals surface area contributed by atoms with Gasteiger partial charge in [-0.1, -0.05) is 12.1 Å². The minimum Gasteiger partial charge on any atom is -0.507 e. The molecular formula is C17H22N4O5S. The number of aromatic amines is 1. The van der Waals surface area contributed by atoms with Gasteiger partial charge in [0.05, 0.1) is 10.8 Å². The first-order chi connectivity index (χ1) is 12.7. The standard InChI is InChI=1S/C17H22N4O5S/c1-17(2,27(24,25)11-7-9-26-10-8-11)15(23)19-16-18-14(20-21-16)12-5-3-4-6-13(12)22/h3-6,11,22H,7-10H2,1-2H3,(H2,18,19,20,21,23). The molecule has 1 saturated heterocycles. The van der Waals surface area contributed by atoms with Crippen molar-refractivity contribution >= 4 is 21.7 Å². The molecule has 2 aromatic rings. The quantitative estimate of drug-likeness (QED) is 0.699. The van der Waals surface area contributed by atoms with Gasteiger partial charge in [0.1, 0.15) is 10.5 Å². The Labute approximate surface area is 157 Å². The number of H-pyrrole nitrogens is 1. The zero-order valence-electron chi connectivity index (χ0n) is 15.1. The Morgan fingerprint density at radius 2 is 1.96 bits per heavy atom. The summed E-state index contributed by atoms with van der Waals surface area (Å²) in [5.41, 5.74) is 0.392. The summed E-state index contributed by atoms with van der Waals surface area (Å²) in [5.74, 6) is -0.507. The Kier molecular flexibility index (Phi) is 5.20. The summed E-state index contributed by atoms with van der Waals surface area (Å²) in [7, 11) is -3.73. The second kappa shape index (κ2) is 7.28. The topological polar surface area (TPSA) is 134 Å². The van der Waals surface area contributed by atoms with E-state index in [0.717, 1.165) is 0 Å². The highest BCUT2D eigenvalue weighted by Crippen LogP contribution is 2.29. The molecule has 1 fully saturated rings. The van der Waals surface area contributed by atoms with Crippen molar-refractivity contribution in [3.8, 4) is 17.1 Å². The van der Waals surface area contributed by atoms with Crippen LogP contribution >= 0.6 is 0 Å². The molecule has 146 valence electrons. The van der Waals surface area contributed by atoms with Gasteiger partial charge in [-0.3, -0.25) is 10.1 Å². The normalized spacial score (nSPS) is 16.2. The fraction of sp³-hybridized carbons (Fsp3) is 0.471. The number of phenolic OH excluding ortho intramolecular Hbond substituents is 1. The van der Waals surface area contributed by atoms with E-state index in [1.807, 2.05) is 0 Å². The van der Waals surface area contributed by atoms with Crippen LogP contribution in [0, 0.1) is 0 Å². The summed E-state index contributed by atoms with van der Waals surface area (Å²) < 4.78 is 29.4. The van der Waals surface area contributed by atoms with E-state index in [2.05, 4.69) is 20.5 Å². The molecule has 0 atom stereocenters. The van der Waals surface area contributed by atoms with E-state index in [1.54, 1.807) is 18.2 Å². The van der Waals surface area contributed by atoms with Gasteiger partial charge >= 0.3 is 0 Å². The number of rotatable bonds is 5. The third-order valence-corrected chi connectivity index (χ3v) is 7.68. The average Bonchev–Trinajstić information content (AvgIpc) is 3.10. The first-order valence-electron chi connectivity index (χ1n) is 8.57. The van der Waals surface area contributed by atoms with Gasteiger partial charge in [0, 0.05) is 13.2 Å². The van der Waals surface area contributed by atoms with Crippen LogP contribution in [0.25, 0.3) is 11.4 Å². The van der Waals surface area contributed by atoms with Crippen LogP contribution in [0.15, 0.2) is 24.3 Å². The largest absolute Gasteiger partial charge is 0.507 e. The Balaban J connectivity index is 1.77. The fourth-order valence-electron chi connectivity index (χ4n) is 2.89. The number of benzene rings is 1. The maximum Gasteiger partial charge on any atom is 0.247 e. The molecule has 1 aliphatic heterocycles. The minimum absolute atomic E-state index is 0.00296. The second-order valence-corrected chi connectivity index (χ2v) is 9.62. The van der Waals surface area contributed by atoms with Gasteiger partial charge in [-0.2, -0.15) is 10.1 Å². The maximum absolute atomic E-state index is 12.9. The molecule has 1 amide bonds. The molecule has 0 radical (unpaired) electrons. The summed E-state index contributed by atoms with van der Waals surface area (Å²) in [6.07, 6.45) is 0.748. The monoisotopic (exact) mass is 394 g/mol. The van der Waals surface area contributed by atoms with Crippen LogP contribution < -0.4 is 5.32 Å². The Hall–Kier alpha value is -2.46. The highest BCUT2D eigenvalue weighted by Gasteiger charge is 2.46. The average molecular weight is 394 g/mol. The lowest BCUT2D eigenvalue weighted by molar-refractivity contribution is -0.117. The van der Waals surface area contributed by atoms with Gasteiger partial charge in [-0.05, 0) is 38.8 Å². The Morgan fingerprint density at radius 3 is 2.63 bits per heavy atom. The molecule has 3 N–H and O–H groups in total. The predicted molar refractivity (Wildman–Crippen MR) is 99.0 cm³/mol. The zero-order chi connectivity index (χ0) is 19.7. The number of carbonyl (C=O) groups excluding carboxylic acids is 1. The smallest absolute Gasteiger partial charge is 0.247 e. The SMILES string of the molecule is CC(C)(C(=O)Nc1nc(-c2ccccc2O)n[nH]1)S(=O)(=O)C1CCOCC1. The summed E-state index contributed by atoms with van der Waals surface area (Å²) in [4.78, 5) is 16.8. The number of nitrogens with one attached hydrogen (secondary N) is 2. The number of hydrogen-bond donors (Lipinski definition) is 3. The molecule has 0 bridgehead atoms. The molecule has 3 rings (SSSR count).